The molecule has 0 aromatic rings. The van der Waals surface area contributed by atoms with E-state index in [-0.39, 0.29) is 18.9 Å². The van der Waals surface area contributed by atoms with Gasteiger partial charge in [0.2, 0.25) is 0 Å². The fraction of sp³-hybridized carbons (Fsp3) is 0.818. The number of hydrogen-bond donors (Lipinski definition) is 2. The first kappa shape index (κ1) is 14.9. The average molecular weight is 231 g/mol. The third-order valence-corrected chi connectivity index (χ3v) is 1.72. The van der Waals surface area contributed by atoms with E-state index in [1.54, 1.807) is 34.6 Å². The Balaban J connectivity index is 4.15. The summed E-state index contributed by atoms with van der Waals surface area (Å²) in [5.41, 5.74) is -1.10. The van der Waals surface area contributed by atoms with Crippen molar-refractivity contribution in [1.29, 1.82) is 0 Å². The van der Waals surface area contributed by atoms with Crippen molar-refractivity contribution >= 4 is 11.9 Å². The average Bonchev–Trinajstić information content (AvgIpc) is 1.95. The Morgan fingerprint density at radius 2 is 1.69 bits per heavy atom. The Hall–Kier alpha value is -1.10. The van der Waals surface area contributed by atoms with Crippen LogP contribution in [0, 0.1) is 0 Å². The predicted molar refractivity (Wildman–Crippen MR) is 60.2 cm³/mol. The number of carboxylic acid groups (broad SMARTS) is 1. The van der Waals surface area contributed by atoms with Crippen molar-refractivity contribution in [2.45, 2.75) is 52.2 Å². The fourth-order valence-electron chi connectivity index (χ4n) is 1.12. The topological polar surface area (TPSA) is 75.6 Å². The lowest BCUT2D eigenvalue weighted by molar-refractivity contribution is -0.156. The number of carbonyl (C=O) groups excluding carboxylic acids is 1. The molecule has 0 spiro atoms. The molecule has 0 unspecified atom stereocenters. The van der Waals surface area contributed by atoms with E-state index in [9.17, 15) is 9.59 Å². The highest BCUT2D eigenvalue weighted by molar-refractivity contribution is 5.72. The lowest BCUT2D eigenvalue weighted by Gasteiger charge is -2.27. The molecule has 5 heteroatoms. The Kier molecular flexibility index (Phi) is 4.93. The molecule has 0 radical (unpaired) electrons. The number of aliphatic carboxylic acids is 1. The highest BCUT2D eigenvalue weighted by Gasteiger charge is 2.25. The maximum atomic E-state index is 11.5. The zero-order chi connectivity index (χ0) is 13.0. The van der Waals surface area contributed by atoms with E-state index in [4.69, 9.17) is 9.84 Å². The maximum Gasteiger partial charge on any atom is 0.317 e. The van der Waals surface area contributed by atoms with Crippen LogP contribution < -0.4 is 5.32 Å². The number of ether oxygens (including phenoxy) is 1. The van der Waals surface area contributed by atoms with Crippen molar-refractivity contribution in [3.8, 4) is 0 Å². The van der Waals surface area contributed by atoms with E-state index in [2.05, 4.69) is 5.32 Å². The molecule has 0 saturated carbocycles. The number of carboxylic acids is 1. The van der Waals surface area contributed by atoms with Gasteiger partial charge in [0, 0.05) is 5.54 Å². The van der Waals surface area contributed by atoms with E-state index >= 15 is 0 Å². The summed E-state index contributed by atoms with van der Waals surface area (Å²) in [6, 6.07) is 0. The molecule has 2 N–H and O–H groups in total. The summed E-state index contributed by atoms with van der Waals surface area (Å²) >= 11 is 0. The van der Waals surface area contributed by atoms with Gasteiger partial charge in [-0.15, -0.1) is 0 Å². The Morgan fingerprint density at radius 3 is 2.06 bits per heavy atom. The minimum Gasteiger partial charge on any atom is -0.480 e. The molecule has 0 bridgehead atoms. The van der Waals surface area contributed by atoms with Crippen molar-refractivity contribution in [3.05, 3.63) is 0 Å². The summed E-state index contributed by atoms with van der Waals surface area (Å²) < 4.78 is 5.15. The SMILES string of the molecule is CC(C)(CC(=O)OC(C)(C)C)NCC(=O)O. The molecule has 16 heavy (non-hydrogen) atoms. The van der Waals surface area contributed by atoms with Gasteiger partial charge >= 0.3 is 11.9 Å². The molecule has 0 aliphatic carbocycles. The van der Waals surface area contributed by atoms with Crippen molar-refractivity contribution in [1.82, 2.24) is 5.32 Å². The second-order valence-electron chi connectivity index (χ2n) is 5.39. The van der Waals surface area contributed by atoms with E-state index in [1.807, 2.05) is 0 Å². The van der Waals surface area contributed by atoms with Crippen LogP contribution in [0.2, 0.25) is 0 Å². The van der Waals surface area contributed by atoms with Crippen LogP contribution in [0.1, 0.15) is 41.0 Å². The van der Waals surface area contributed by atoms with Gasteiger partial charge in [0.15, 0.2) is 0 Å². The Bertz CT molecular complexity index is 266. The number of carbonyl (C=O) groups is 2. The minimum absolute atomic E-state index is 0.136. The molecule has 0 rings (SSSR count). The van der Waals surface area contributed by atoms with Gasteiger partial charge in [0.1, 0.15) is 5.60 Å². The standard InChI is InChI=1S/C11H21NO4/c1-10(2,3)16-9(15)6-11(4,5)12-7-8(13)14/h12H,6-7H2,1-5H3,(H,13,14). The van der Waals surface area contributed by atoms with E-state index in [0.717, 1.165) is 0 Å². The Labute approximate surface area is 96.2 Å². The normalized spacial score (nSPS) is 12.3. The fourth-order valence-corrected chi connectivity index (χ4v) is 1.12. The van der Waals surface area contributed by atoms with Gasteiger partial charge in [0.05, 0.1) is 13.0 Å². The van der Waals surface area contributed by atoms with Crippen molar-refractivity contribution < 1.29 is 19.4 Å². The smallest absolute Gasteiger partial charge is 0.317 e. The first-order valence-electron chi connectivity index (χ1n) is 5.20. The van der Waals surface area contributed by atoms with E-state index in [0.29, 0.717) is 0 Å². The summed E-state index contributed by atoms with van der Waals surface area (Å²) in [7, 11) is 0. The molecular weight excluding hydrogens is 210 g/mol. The third kappa shape index (κ3) is 8.23. The van der Waals surface area contributed by atoms with E-state index in [1.165, 1.54) is 0 Å². The van der Waals surface area contributed by atoms with Crippen LogP contribution in [0.15, 0.2) is 0 Å². The maximum absolute atomic E-state index is 11.5. The molecule has 0 heterocycles. The van der Waals surface area contributed by atoms with Crippen LogP contribution in [0.5, 0.6) is 0 Å². The van der Waals surface area contributed by atoms with Crippen LogP contribution in [0.25, 0.3) is 0 Å². The molecule has 0 amide bonds. The van der Waals surface area contributed by atoms with Gasteiger partial charge in [-0.3, -0.25) is 9.59 Å². The molecule has 0 aromatic carbocycles. The summed E-state index contributed by atoms with van der Waals surface area (Å²) in [5, 5.41) is 11.3. The van der Waals surface area contributed by atoms with Gasteiger partial charge in [-0.1, -0.05) is 0 Å². The summed E-state index contributed by atoms with van der Waals surface area (Å²) in [5.74, 6) is -1.28. The number of hydrogen-bond acceptors (Lipinski definition) is 4. The van der Waals surface area contributed by atoms with Gasteiger partial charge in [0.25, 0.3) is 0 Å². The number of esters is 1. The minimum atomic E-state index is -0.947. The molecular formula is C11H21NO4. The van der Waals surface area contributed by atoms with Crippen molar-refractivity contribution in [2.24, 2.45) is 0 Å². The molecule has 5 nitrogen and oxygen atoms in total. The van der Waals surface area contributed by atoms with Gasteiger partial charge in [-0.2, -0.15) is 0 Å². The number of rotatable bonds is 5. The molecule has 0 atom stereocenters. The first-order chi connectivity index (χ1) is 7.02. The highest BCUT2D eigenvalue weighted by Crippen LogP contribution is 2.14. The van der Waals surface area contributed by atoms with Crippen LogP contribution >= 0.6 is 0 Å². The molecule has 0 aliphatic rings. The van der Waals surface area contributed by atoms with Gasteiger partial charge in [-0.05, 0) is 34.6 Å². The molecule has 0 fully saturated rings. The summed E-state index contributed by atoms with van der Waals surface area (Å²) in [6.07, 6.45) is 0.136. The van der Waals surface area contributed by atoms with Crippen molar-refractivity contribution in [2.75, 3.05) is 6.54 Å². The van der Waals surface area contributed by atoms with Crippen LogP contribution in [0.3, 0.4) is 0 Å². The molecule has 0 aromatic heterocycles. The highest BCUT2D eigenvalue weighted by atomic mass is 16.6. The number of nitrogens with one attached hydrogen (secondary N) is 1. The zero-order valence-corrected chi connectivity index (χ0v) is 10.6. The lowest BCUT2D eigenvalue weighted by atomic mass is 10.0. The second-order valence-corrected chi connectivity index (χ2v) is 5.39. The predicted octanol–water partition coefficient (Wildman–Crippen LogP) is 1.17. The summed E-state index contributed by atoms with van der Waals surface area (Å²) in [4.78, 5) is 21.9. The van der Waals surface area contributed by atoms with E-state index < -0.39 is 17.1 Å². The van der Waals surface area contributed by atoms with Crippen molar-refractivity contribution in [3.63, 3.8) is 0 Å². The van der Waals surface area contributed by atoms with Crippen LogP contribution in [-0.4, -0.2) is 34.7 Å². The lowest BCUT2D eigenvalue weighted by Crippen LogP contribution is -2.44. The second kappa shape index (κ2) is 5.30. The summed E-state index contributed by atoms with van der Waals surface area (Å²) in [6.45, 7) is 8.74. The Morgan fingerprint density at radius 1 is 1.19 bits per heavy atom. The van der Waals surface area contributed by atoms with Gasteiger partial charge < -0.3 is 15.2 Å². The molecule has 0 saturated heterocycles. The molecule has 0 aliphatic heterocycles. The van der Waals surface area contributed by atoms with Crippen LogP contribution in [-0.2, 0) is 14.3 Å². The quantitative estimate of drug-likeness (QED) is 0.695. The molecule has 94 valence electrons. The monoisotopic (exact) mass is 231 g/mol. The van der Waals surface area contributed by atoms with Gasteiger partial charge in [-0.25, -0.2) is 0 Å². The van der Waals surface area contributed by atoms with Crippen LogP contribution in [0.4, 0.5) is 0 Å². The largest absolute Gasteiger partial charge is 0.480 e. The zero-order valence-electron chi connectivity index (χ0n) is 10.6. The third-order valence-electron chi connectivity index (χ3n) is 1.72. The first-order valence-corrected chi connectivity index (χ1v) is 5.20.